The highest BCUT2D eigenvalue weighted by atomic mass is 35.5. The Balaban J connectivity index is 1.42. The number of para-hydroxylation sites is 1. The molecule has 0 bridgehead atoms. The number of rotatable bonds is 4. The van der Waals surface area contributed by atoms with E-state index in [1.54, 1.807) is 0 Å². The third-order valence-electron chi connectivity index (χ3n) is 5.18. The summed E-state index contributed by atoms with van der Waals surface area (Å²) >= 11 is 6.30. The van der Waals surface area contributed by atoms with Crippen LogP contribution in [-0.2, 0) is 24.3 Å². The van der Waals surface area contributed by atoms with Crippen LogP contribution in [-0.4, -0.2) is 32.1 Å². The molecule has 0 saturated heterocycles. The van der Waals surface area contributed by atoms with Gasteiger partial charge in [0.2, 0.25) is 5.91 Å². The second-order valence-corrected chi connectivity index (χ2v) is 7.47. The predicted molar refractivity (Wildman–Crippen MR) is 103 cm³/mol. The number of carbonyl (C=O) groups excluding carboxylic acids is 1. The molecule has 5 nitrogen and oxygen atoms in total. The normalized spacial score (nSPS) is 14.0. The van der Waals surface area contributed by atoms with Crippen LogP contribution in [0.4, 0.5) is 0 Å². The second kappa shape index (κ2) is 6.80. The molecule has 0 fully saturated rings. The molecule has 0 aliphatic carbocycles. The Bertz CT molecular complexity index is 972. The van der Waals surface area contributed by atoms with Gasteiger partial charge in [-0.3, -0.25) is 9.48 Å². The van der Waals surface area contributed by atoms with Crippen molar-refractivity contribution >= 4 is 28.4 Å². The summed E-state index contributed by atoms with van der Waals surface area (Å²) in [4.78, 5) is 18.1. The third-order valence-corrected chi connectivity index (χ3v) is 5.49. The van der Waals surface area contributed by atoms with Gasteiger partial charge in [0.1, 0.15) is 0 Å². The van der Waals surface area contributed by atoms with Crippen molar-refractivity contribution < 1.29 is 4.79 Å². The van der Waals surface area contributed by atoms with E-state index in [0.717, 1.165) is 53.2 Å². The molecule has 1 aromatic carbocycles. The summed E-state index contributed by atoms with van der Waals surface area (Å²) in [7, 11) is 0. The first kappa shape index (κ1) is 17.2. The number of carbonyl (C=O) groups is 1. The maximum Gasteiger partial charge on any atom is 0.222 e. The topological polar surface area (TPSA) is 53.9 Å². The average Bonchev–Trinajstić information content (AvgIpc) is 3.15. The number of hydrogen-bond donors (Lipinski definition) is 1. The SMILES string of the molecule is Cc1cc(C)n(CCCC(=O)N2CCc3[nH]c4c(Cl)cccc4c3C2)n1. The van der Waals surface area contributed by atoms with Gasteiger partial charge in [0.15, 0.2) is 0 Å². The van der Waals surface area contributed by atoms with Crippen LogP contribution in [0.15, 0.2) is 24.3 Å². The van der Waals surface area contributed by atoms with Crippen molar-refractivity contribution in [1.29, 1.82) is 0 Å². The van der Waals surface area contributed by atoms with Crippen molar-refractivity contribution in [2.24, 2.45) is 0 Å². The number of nitrogens with zero attached hydrogens (tertiary/aromatic N) is 3. The zero-order valence-electron chi connectivity index (χ0n) is 15.2. The van der Waals surface area contributed by atoms with Crippen molar-refractivity contribution in [2.45, 2.75) is 46.2 Å². The molecule has 1 aliphatic rings. The van der Waals surface area contributed by atoms with E-state index in [4.69, 9.17) is 11.6 Å². The highest BCUT2D eigenvalue weighted by Crippen LogP contribution is 2.31. The molecular formula is C20H23ClN4O. The molecule has 1 aliphatic heterocycles. The fourth-order valence-electron chi connectivity index (χ4n) is 3.85. The first-order valence-electron chi connectivity index (χ1n) is 9.09. The maximum atomic E-state index is 12.7. The van der Waals surface area contributed by atoms with E-state index in [1.165, 1.54) is 11.3 Å². The van der Waals surface area contributed by atoms with E-state index in [0.29, 0.717) is 13.0 Å². The number of aromatic amines is 1. The van der Waals surface area contributed by atoms with Gasteiger partial charge in [-0.1, -0.05) is 23.7 Å². The van der Waals surface area contributed by atoms with E-state index in [-0.39, 0.29) is 5.91 Å². The van der Waals surface area contributed by atoms with Crippen molar-refractivity contribution in [3.8, 4) is 0 Å². The summed E-state index contributed by atoms with van der Waals surface area (Å²) < 4.78 is 1.98. The molecule has 0 radical (unpaired) electrons. The molecule has 6 heteroatoms. The summed E-state index contributed by atoms with van der Waals surface area (Å²) in [6.07, 6.45) is 2.21. The summed E-state index contributed by atoms with van der Waals surface area (Å²) in [5, 5.41) is 6.33. The molecule has 26 heavy (non-hydrogen) atoms. The molecule has 0 atom stereocenters. The van der Waals surface area contributed by atoms with Crippen LogP contribution in [0.3, 0.4) is 0 Å². The molecule has 2 aromatic heterocycles. The van der Waals surface area contributed by atoms with Crippen LogP contribution in [0.25, 0.3) is 10.9 Å². The second-order valence-electron chi connectivity index (χ2n) is 7.06. The Morgan fingerprint density at radius 2 is 2.19 bits per heavy atom. The lowest BCUT2D eigenvalue weighted by molar-refractivity contribution is -0.132. The molecule has 0 unspecified atom stereocenters. The van der Waals surface area contributed by atoms with Crippen molar-refractivity contribution in [3.63, 3.8) is 0 Å². The van der Waals surface area contributed by atoms with Crippen molar-refractivity contribution in [1.82, 2.24) is 19.7 Å². The van der Waals surface area contributed by atoms with Gasteiger partial charge in [-0.2, -0.15) is 5.10 Å². The molecule has 3 aromatic rings. The minimum Gasteiger partial charge on any atom is -0.357 e. The highest BCUT2D eigenvalue weighted by molar-refractivity contribution is 6.35. The molecular weight excluding hydrogens is 348 g/mol. The Hall–Kier alpha value is -2.27. The number of H-pyrrole nitrogens is 1. The Labute approximate surface area is 157 Å². The number of halogens is 1. The van der Waals surface area contributed by atoms with Crippen LogP contribution in [0, 0.1) is 13.8 Å². The van der Waals surface area contributed by atoms with E-state index in [9.17, 15) is 4.79 Å². The van der Waals surface area contributed by atoms with E-state index in [1.807, 2.05) is 28.6 Å². The first-order chi connectivity index (χ1) is 12.5. The maximum absolute atomic E-state index is 12.7. The van der Waals surface area contributed by atoms with Crippen LogP contribution >= 0.6 is 11.6 Å². The lowest BCUT2D eigenvalue weighted by Crippen LogP contribution is -2.35. The summed E-state index contributed by atoms with van der Waals surface area (Å²) in [5.41, 5.74) is 5.57. The summed E-state index contributed by atoms with van der Waals surface area (Å²) in [6.45, 7) is 6.25. The number of hydrogen-bond acceptors (Lipinski definition) is 2. The van der Waals surface area contributed by atoms with Crippen LogP contribution in [0.2, 0.25) is 5.02 Å². The first-order valence-corrected chi connectivity index (χ1v) is 9.47. The van der Waals surface area contributed by atoms with E-state index >= 15 is 0 Å². The summed E-state index contributed by atoms with van der Waals surface area (Å²) in [5.74, 6) is 0.216. The lowest BCUT2D eigenvalue weighted by Gasteiger charge is -2.27. The zero-order chi connectivity index (χ0) is 18.3. The van der Waals surface area contributed by atoms with Crippen LogP contribution in [0.1, 0.15) is 35.5 Å². The molecule has 4 rings (SSSR count). The number of aryl methyl sites for hydroxylation is 3. The highest BCUT2D eigenvalue weighted by Gasteiger charge is 2.24. The largest absolute Gasteiger partial charge is 0.357 e. The van der Waals surface area contributed by atoms with Crippen molar-refractivity contribution in [2.75, 3.05) is 6.54 Å². The molecule has 1 N–H and O–H groups in total. The Morgan fingerprint density at radius 1 is 1.35 bits per heavy atom. The number of fused-ring (bicyclic) bond motifs is 3. The minimum absolute atomic E-state index is 0.216. The fourth-order valence-corrected chi connectivity index (χ4v) is 4.08. The number of nitrogens with one attached hydrogen (secondary N) is 1. The minimum atomic E-state index is 0.216. The monoisotopic (exact) mass is 370 g/mol. The molecule has 0 spiro atoms. The van der Waals surface area contributed by atoms with Crippen LogP contribution in [0.5, 0.6) is 0 Å². The number of benzene rings is 1. The van der Waals surface area contributed by atoms with Gasteiger partial charge in [-0.25, -0.2) is 0 Å². The smallest absolute Gasteiger partial charge is 0.222 e. The lowest BCUT2D eigenvalue weighted by atomic mass is 10.0. The predicted octanol–water partition coefficient (Wildman–Crippen LogP) is 4.00. The molecule has 136 valence electrons. The standard InChI is InChI=1S/C20H23ClN4O/c1-13-11-14(2)25(23-13)9-4-7-19(26)24-10-8-18-16(12-24)15-5-3-6-17(21)20(15)22-18/h3,5-6,11,22H,4,7-10,12H2,1-2H3. The van der Waals surface area contributed by atoms with Gasteiger partial charge >= 0.3 is 0 Å². The molecule has 3 heterocycles. The van der Waals surface area contributed by atoms with Gasteiger partial charge < -0.3 is 9.88 Å². The molecule has 1 amide bonds. The van der Waals surface area contributed by atoms with E-state index in [2.05, 4.69) is 29.1 Å². The van der Waals surface area contributed by atoms with E-state index < -0.39 is 0 Å². The van der Waals surface area contributed by atoms with Crippen LogP contribution < -0.4 is 0 Å². The molecule has 0 saturated carbocycles. The zero-order valence-corrected chi connectivity index (χ0v) is 15.9. The van der Waals surface area contributed by atoms with Gasteiger partial charge in [0.25, 0.3) is 0 Å². The Morgan fingerprint density at radius 3 is 2.96 bits per heavy atom. The number of amides is 1. The van der Waals surface area contributed by atoms with Gasteiger partial charge in [0.05, 0.1) is 16.2 Å². The quantitative estimate of drug-likeness (QED) is 0.754. The third kappa shape index (κ3) is 3.12. The van der Waals surface area contributed by atoms with Crippen molar-refractivity contribution in [3.05, 3.63) is 51.9 Å². The van der Waals surface area contributed by atoms with Gasteiger partial charge in [-0.05, 0) is 32.4 Å². The number of aromatic nitrogens is 3. The summed E-state index contributed by atoms with van der Waals surface area (Å²) in [6, 6.07) is 8.01. The Kier molecular flexibility index (Phi) is 4.49. The fraction of sp³-hybridized carbons (Fsp3) is 0.400. The average molecular weight is 371 g/mol. The van der Waals surface area contributed by atoms with Gasteiger partial charge in [0, 0.05) is 54.8 Å². The van der Waals surface area contributed by atoms with Gasteiger partial charge in [-0.15, -0.1) is 0 Å².